The van der Waals surface area contributed by atoms with E-state index in [1.54, 1.807) is 11.6 Å². The number of hydrogen-bond donors (Lipinski definition) is 1. The Hall–Kier alpha value is -1.87. The molecule has 0 unspecified atom stereocenters. The van der Waals surface area contributed by atoms with E-state index >= 15 is 0 Å². The lowest BCUT2D eigenvalue weighted by atomic mass is 9.74. The van der Waals surface area contributed by atoms with Gasteiger partial charge in [-0.25, -0.2) is 0 Å². The molecule has 3 rings (SSSR count). The molecule has 0 radical (unpaired) electrons. The predicted octanol–water partition coefficient (Wildman–Crippen LogP) is 5.92. The minimum atomic E-state index is 0.0486. The smallest absolute Gasteiger partial charge is 0.185 e. The monoisotopic (exact) mass is 367 g/mol. The second kappa shape index (κ2) is 7.03. The first-order valence-electron chi connectivity index (χ1n) is 9.44. The second-order valence-corrected chi connectivity index (χ2v) is 9.40. The third-order valence-electron chi connectivity index (χ3n) is 5.52. The number of carbonyl (C=O) groups is 1. The number of aryl methyl sites for hydroxylation is 3. The summed E-state index contributed by atoms with van der Waals surface area (Å²) in [5.74, 6) is 0.0486. The average molecular weight is 368 g/mol. The van der Waals surface area contributed by atoms with E-state index in [1.807, 2.05) is 43.4 Å². The molecule has 0 saturated carbocycles. The van der Waals surface area contributed by atoms with Crippen LogP contribution in [0.5, 0.6) is 0 Å². The number of nitrogen functional groups attached to an aromatic ring is 1. The van der Waals surface area contributed by atoms with Crippen molar-refractivity contribution < 1.29 is 4.79 Å². The van der Waals surface area contributed by atoms with Crippen LogP contribution in [0.1, 0.15) is 69.6 Å². The maximum atomic E-state index is 12.7. The molecule has 1 aliphatic carbocycles. The van der Waals surface area contributed by atoms with Gasteiger partial charge in [-0.2, -0.15) is 0 Å². The molecule has 0 aliphatic heterocycles. The third kappa shape index (κ3) is 3.64. The SMILES string of the molecule is CCc1sc(C=CC(=O)c2cc(C)c(N)c(C)c2)c2c1CC(C)(C)CC2. The van der Waals surface area contributed by atoms with Gasteiger partial charge in [0.1, 0.15) is 0 Å². The topological polar surface area (TPSA) is 43.1 Å². The van der Waals surface area contributed by atoms with Crippen LogP contribution in [0, 0.1) is 19.3 Å². The fraction of sp³-hybridized carbons (Fsp3) is 0.435. The zero-order valence-electron chi connectivity index (χ0n) is 16.5. The number of fused-ring (bicyclic) bond motifs is 1. The summed E-state index contributed by atoms with van der Waals surface area (Å²) < 4.78 is 0. The molecule has 0 bridgehead atoms. The molecule has 1 heterocycles. The Kier molecular flexibility index (Phi) is 5.12. The highest BCUT2D eigenvalue weighted by molar-refractivity contribution is 7.13. The molecule has 2 aromatic rings. The van der Waals surface area contributed by atoms with Gasteiger partial charge in [-0.3, -0.25) is 4.79 Å². The number of allylic oxidation sites excluding steroid dienone is 1. The highest BCUT2D eigenvalue weighted by Crippen LogP contribution is 2.42. The Bertz CT molecular complexity index is 863. The van der Waals surface area contributed by atoms with Gasteiger partial charge in [-0.05, 0) is 91.5 Å². The minimum Gasteiger partial charge on any atom is -0.398 e. The normalized spacial score (nSPS) is 16.0. The number of thiophene rings is 1. The zero-order valence-corrected chi connectivity index (χ0v) is 17.3. The minimum absolute atomic E-state index is 0.0486. The molecule has 138 valence electrons. The van der Waals surface area contributed by atoms with Gasteiger partial charge < -0.3 is 5.73 Å². The van der Waals surface area contributed by atoms with Crippen LogP contribution in [0.25, 0.3) is 6.08 Å². The molecule has 0 saturated heterocycles. The summed E-state index contributed by atoms with van der Waals surface area (Å²) in [7, 11) is 0. The van der Waals surface area contributed by atoms with Crippen LogP contribution in [0.4, 0.5) is 5.69 Å². The van der Waals surface area contributed by atoms with E-state index in [0.717, 1.165) is 36.1 Å². The van der Waals surface area contributed by atoms with Gasteiger partial charge in [0.2, 0.25) is 0 Å². The van der Waals surface area contributed by atoms with E-state index in [-0.39, 0.29) is 5.78 Å². The molecule has 0 spiro atoms. The van der Waals surface area contributed by atoms with Crippen molar-refractivity contribution in [2.45, 2.75) is 60.3 Å². The fourth-order valence-corrected chi connectivity index (χ4v) is 5.08. The van der Waals surface area contributed by atoms with Crippen molar-refractivity contribution in [3.8, 4) is 0 Å². The van der Waals surface area contributed by atoms with Crippen LogP contribution >= 0.6 is 11.3 Å². The fourth-order valence-electron chi connectivity index (χ4n) is 3.87. The third-order valence-corrected chi connectivity index (χ3v) is 6.91. The van der Waals surface area contributed by atoms with Crippen molar-refractivity contribution in [3.05, 3.63) is 55.8 Å². The zero-order chi connectivity index (χ0) is 19.1. The number of anilines is 1. The quantitative estimate of drug-likeness (QED) is 0.414. The number of rotatable bonds is 4. The van der Waals surface area contributed by atoms with E-state index in [2.05, 4.69) is 20.8 Å². The highest BCUT2D eigenvalue weighted by Gasteiger charge is 2.29. The second-order valence-electron chi connectivity index (χ2n) is 8.26. The predicted molar refractivity (Wildman–Crippen MR) is 113 cm³/mol. The summed E-state index contributed by atoms with van der Waals surface area (Å²) in [5.41, 5.74) is 12.8. The van der Waals surface area contributed by atoms with Crippen LogP contribution in [-0.2, 0) is 19.3 Å². The van der Waals surface area contributed by atoms with Crippen molar-refractivity contribution in [2.24, 2.45) is 5.41 Å². The molecule has 3 heteroatoms. The van der Waals surface area contributed by atoms with Crippen molar-refractivity contribution in [3.63, 3.8) is 0 Å². The summed E-state index contributed by atoms with van der Waals surface area (Å²) >= 11 is 1.86. The molecule has 2 N–H and O–H groups in total. The Morgan fingerprint density at radius 3 is 2.50 bits per heavy atom. The lowest BCUT2D eigenvalue weighted by molar-refractivity contribution is 0.104. The van der Waals surface area contributed by atoms with Gasteiger partial charge in [-0.1, -0.05) is 20.8 Å². The standard InChI is InChI=1S/C23H29NOS/c1-6-20-18-13-23(4,5)10-9-17(18)21(26-20)8-7-19(25)16-11-14(2)22(24)15(3)12-16/h7-8,11-12H,6,9-10,13,24H2,1-5H3. The lowest BCUT2D eigenvalue weighted by Crippen LogP contribution is -2.22. The summed E-state index contributed by atoms with van der Waals surface area (Å²) in [6, 6.07) is 3.78. The Morgan fingerprint density at radius 1 is 1.23 bits per heavy atom. The number of ketones is 1. The molecule has 0 atom stereocenters. The Balaban J connectivity index is 1.90. The summed E-state index contributed by atoms with van der Waals surface area (Å²) in [6.45, 7) is 10.9. The molecular formula is C23H29NOS. The van der Waals surface area contributed by atoms with Crippen LogP contribution in [0.15, 0.2) is 18.2 Å². The van der Waals surface area contributed by atoms with Gasteiger partial charge >= 0.3 is 0 Å². The van der Waals surface area contributed by atoms with Gasteiger partial charge in [0.25, 0.3) is 0 Å². The molecular weight excluding hydrogens is 338 g/mol. The van der Waals surface area contributed by atoms with Gasteiger partial charge in [-0.15, -0.1) is 11.3 Å². The van der Waals surface area contributed by atoms with E-state index < -0.39 is 0 Å². The summed E-state index contributed by atoms with van der Waals surface area (Å²) in [5, 5.41) is 0. The Morgan fingerprint density at radius 2 is 1.88 bits per heavy atom. The number of nitrogens with two attached hydrogens (primary N) is 1. The maximum absolute atomic E-state index is 12.7. The molecule has 26 heavy (non-hydrogen) atoms. The largest absolute Gasteiger partial charge is 0.398 e. The average Bonchev–Trinajstić information content (AvgIpc) is 2.92. The molecule has 2 nitrogen and oxygen atoms in total. The first-order chi connectivity index (χ1) is 12.2. The molecule has 0 fully saturated rings. The first-order valence-corrected chi connectivity index (χ1v) is 10.3. The number of carbonyl (C=O) groups excluding carboxylic acids is 1. The van der Waals surface area contributed by atoms with E-state index in [0.29, 0.717) is 11.0 Å². The van der Waals surface area contributed by atoms with Crippen LogP contribution < -0.4 is 5.73 Å². The maximum Gasteiger partial charge on any atom is 0.185 e. The van der Waals surface area contributed by atoms with Crippen molar-refractivity contribution in [1.29, 1.82) is 0 Å². The molecule has 1 aliphatic rings. The lowest BCUT2D eigenvalue weighted by Gasteiger charge is -2.30. The van der Waals surface area contributed by atoms with Gasteiger partial charge in [0, 0.05) is 21.0 Å². The van der Waals surface area contributed by atoms with Gasteiger partial charge in [0.15, 0.2) is 5.78 Å². The van der Waals surface area contributed by atoms with E-state index in [4.69, 9.17) is 5.73 Å². The summed E-state index contributed by atoms with van der Waals surface area (Å²) in [6.07, 6.45) is 8.32. The highest BCUT2D eigenvalue weighted by atomic mass is 32.1. The Labute approximate surface area is 161 Å². The van der Waals surface area contributed by atoms with Crippen molar-refractivity contribution in [1.82, 2.24) is 0 Å². The molecule has 0 amide bonds. The number of benzene rings is 1. The molecule has 1 aromatic carbocycles. The first kappa shape index (κ1) is 18.9. The van der Waals surface area contributed by atoms with E-state index in [1.165, 1.54) is 21.7 Å². The van der Waals surface area contributed by atoms with Crippen LogP contribution in [-0.4, -0.2) is 5.78 Å². The van der Waals surface area contributed by atoms with Gasteiger partial charge in [0.05, 0.1) is 0 Å². The van der Waals surface area contributed by atoms with Crippen LogP contribution in [0.3, 0.4) is 0 Å². The van der Waals surface area contributed by atoms with E-state index in [9.17, 15) is 4.79 Å². The molecule has 1 aromatic heterocycles. The van der Waals surface area contributed by atoms with Crippen molar-refractivity contribution in [2.75, 3.05) is 5.73 Å². The summed E-state index contributed by atoms with van der Waals surface area (Å²) in [4.78, 5) is 15.4. The van der Waals surface area contributed by atoms with Crippen LogP contribution in [0.2, 0.25) is 0 Å². The van der Waals surface area contributed by atoms with Crippen molar-refractivity contribution >= 4 is 28.9 Å². The number of hydrogen-bond acceptors (Lipinski definition) is 3.